The van der Waals surface area contributed by atoms with Crippen molar-refractivity contribution in [3.05, 3.63) is 11.8 Å². The monoisotopic (exact) mass is 199 g/mol. The molecule has 0 aliphatic carbocycles. The van der Waals surface area contributed by atoms with Crippen LogP contribution in [0.2, 0.25) is 0 Å². The van der Waals surface area contributed by atoms with E-state index in [1.807, 2.05) is 20.8 Å². The van der Waals surface area contributed by atoms with Gasteiger partial charge in [0.2, 0.25) is 0 Å². The molecule has 1 aliphatic heterocycles. The molecule has 0 spiro atoms. The molecule has 1 heterocycles. The van der Waals surface area contributed by atoms with E-state index < -0.39 is 0 Å². The van der Waals surface area contributed by atoms with Gasteiger partial charge >= 0.3 is 0 Å². The highest BCUT2D eigenvalue weighted by Gasteiger charge is 2.17. The molecule has 0 saturated heterocycles. The van der Waals surface area contributed by atoms with Gasteiger partial charge in [0.1, 0.15) is 0 Å². The molecule has 0 aromatic carbocycles. The lowest BCUT2D eigenvalue weighted by Gasteiger charge is -2.25. The molecule has 1 aliphatic rings. The van der Waals surface area contributed by atoms with Crippen molar-refractivity contribution in [3.8, 4) is 0 Å². The molecule has 82 valence electrons. The molecule has 1 atom stereocenters. The van der Waals surface area contributed by atoms with Gasteiger partial charge in [-0.05, 0) is 39.2 Å². The average Bonchev–Trinajstić information content (AvgIpc) is 2.14. The van der Waals surface area contributed by atoms with E-state index in [4.69, 9.17) is 15.2 Å². The predicted molar refractivity (Wildman–Crippen MR) is 56.9 cm³/mol. The van der Waals surface area contributed by atoms with Crippen molar-refractivity contribution < 1.29 is 9.47 Å². The highest BCUT2D eigenvalue weighted by molar-refractivity contribution is 5.08. The van der Waals surface area contributed by atoms with Gasteiger partial charge in [0, 0.05) is 0 Å². The van der Waals surface area contributed by atoms with E-state index in [1.165, 1.54) is 5.57 Å². The smallest absolute Gasteiger partial charge is 0.0876 e. The summed E-state index contributed by atoms with van der Waals surface area (Å²) in [5.41, 5.74) is 7.03. The van der Waals surface area contributed by atoms with E-state index in [9.17, 15) is 0 Å². The highest BCUT2D eigenvalue weighted by atomic mass is 16.5. The molecule has 0 amide bonds. The van der Waals surface area contributed by atoms with E-state index in [0.717, 1.165) is 19.4 Å². The van der Waals surface area contributed by atoms with Crippen LogP contribution in [0.3, 0.4) is 0 Å². The van der Waals surface area contributed by atoms with Crippen molar-refractivity contribution in [2.75, 3.05) is 13.2 Å². The standard InChI is InChI=1S/C11H21NO2/c1-11(2,3)14-8-10(12)9-5-4-6-13-7-9/h7,10H,4-6,8,12H2,1-3H3. The molecule has 1 unspecified atom stereocenters. The second-order valence-corrected chi connectivity index (χ2v) is 4.70. The number of nitrogens with two attached hydrogens (primary N) is 1. The number of rotatable bonds is 3. The zero-order valence-electron chi connectivity index (χ0n) is 9.38. The summed E-state index contributed by atoms with van der Waals surface area (Å²) in [5, 5.41) is 0. The highest BCUT2D eigenvalue weighted by Crippen LogP contribution is 2.16. The van der Waals surface area contributed by atoms with Crippen molar-refractivity contribution in [1.82, 2.24) is 0 Å². The maximum Gasteiger partial charge on any atom is 0.0876 e. The lowest BCUT2D eigenvalue weighted by Crippen LogP contribution is -2.34. The van der Waals surface area contributed by atoms with Crippen LogP contribution in [0.25, 0.3) is 0 Å². The van der Waals surface area contributed by atoms with Crippen LogP contribution < -0.4 is 5.73 Å². The molecule has 3 nitrogen and oxygen atoms in total. The molecule has 0 aromatic rings. The van der Waals surface area contributed by atoms with Crippen LogP contribution in [-0.2, 0) is 9.47 Å². The molecular formula is C11H21NO2. The Morgan fingerprint density at radius 1 is 1.57 bits per heavy atom. The largest absolute Gasteiger partial charge is 0.501 e. The van der Waals surface area contributed by atoms with Gasteiger partial charge in [-0.15, -0.1) is 0 Å². The summed E-state index contributed by atoms with van der Waals surface area (Å²) in [4.78, 5) is 0. The van der Waals surface area contributed by atoms with E-state index >= 15 is 0 Å². The molecule has 1 rings (SSSR count). The Morgan fingerprint density at radius 3 is 2.79 bits per heavy atom. The molecule has 0 saturated carbocycles. The minimum absolute atomic E-state index is 0.0190. The third kappa shape index (κ3) is 4.11. The first kappa shape index (κ1) is 11.5. The lowest BCUT2D eigenvalue weighted by atomic mass is 10.0. The zero-order chi connectivity index (χ0) is 10.6. The minimum atomic E-state index is -0.117. The second-order valence-electron chi connectivity index (χ2n) is 4.70. The van der Waals surface area contributed by atoms with Gasteiger partial charge in [0.25, 0.3) is 0 Å². The quantitative estimate of drug-likeness (QED) is 0.754. The summed E-state index contributed by atoms with van der Waals surface area (Å²) in [6.45, 7) is 7.48. The van der Waals surface area contributed by atoms with Crippen LogP contribution >= 0.6 is 0 Å². The Kier molecular flexibility index (Phi) is 3.96. The average molecular weight is 199 g/mol. The van der Waals surface area contributed by atoms with Crippen molar-refractivity contribution in [2.45, 2.75) is 45.3 Å². The fraction of sp³-hybridized carbons (Fsp3) is 0.818. The summed E-state index contributed by atoms with van der Waals surface area (Å²) in [6, 6.07) is -0.0190. The Labute approximate surface area is 86.3 Å². The Hall–Kier alpha value is -0.540. The van der Waals surface area contributed by atoms with Gasteiger partial charge in [0.05, 0.1) is 31.1 Å². The molecule has 2 N–H and O–H groups in total. The fourth-order valence-corrected chi connectivity index (χ4v) is 1.30. The maximum absolute atomic E-state index is 5.98. The van der Waals surface area contributed by atoms with E-state index in [0.29, 0.717) is 6.61 Å². The fourth-order valence-electron chi connectivity index (χ4n) is 1.30. The summed E-state index contributed by atoms with van der Waals surface area (Å²) >= 11 is 0. The van der Waals surface area contributed by atoms with Crippen LogP contribution in [0, 0.1) is 0 Å². The first-order valence-electron chi connectivity index (χ1n) is 5.19. The van der Waals surface area contributed by atoms with Crippen LogP contribution in [-0.4, -0.2) is 24.9 Å². The summed E-state index contributed by atoms with van der Waals surface area (Å²) in [6.07, 6.45) is 3.89. The Bertz CT molecular complexity index is 206. The van der Waals surface area contributed by atoms with Crippen LogP contribution in [0.5, 0.6) is 0 Å². The minimum Gasteiger partial charge on any atom is -0.501 e. The van der Waals surface area contributed by atoms with Crippen molar-refractivity contribution >= 4 is 0 Å². The van der Waals surface area contributed by atoms with Crippen LogP contribution in [0.15, 0.2) is 11.8 Å². The zero-order valence-corrected chi connectivity index (χ0v) is 9.38. The molecule has 0 aromatic heterocycles. The third-order valence-corrected chi connectivity index (χ3v) is 2.13. The van der Waals surface area contributed by atoms with Gasteiger partial charge in [-0.25, -0.2) is 0 Å². The van der Waals surface area contributed by atoms with Crippen molar-refractivity contribution in [1.29, 1.82) is 0 Å². The first-order valence-corrected chi connectivity index (χ1v) is 5.19. The van der Waals surface area contributed by atoms with Gasteiger partial charge in [-0.1, -0.05) is 0 Å². The number of hydrogen-bond acceptors (Lipinski definition) is 3. The third-order valence-electron chi connectivity index (χ3n) is 2.13. The summed E-state index contributed by atoms with van der Waals surface area (Å²) < 4.78 is 10.9. The number of hydrogen-bond donors (Lipinski definition) is 1. The van der Waals surface area contributed by atoms with Crippen molar-refractivity contribution in [3.63, 3.8) is 0 Å². The SMILES string of the molecule is CC(C)(C)OCC(N)C1=COCCC1. The Morgan fingerprint density at radius 2 is 2.29 bits per heavy atom. The predicted octanol–water partition coefficient (Wildman–Crippen LogP) is 1.82. The number of ether oxygens (including phenoxy) is 2. The van der Waals surface area contributed by atoms with Crippen LogP contribution in [0.1, 0.15) is 33.6 Å². The van der Waals surface area contributed by atoms with Gasteiger partial charge in [0.15, 0.2) is 0 Å². The lowest BCUT2D eigenvalue weighted by molar-refractivity contribution is -0.00724. The van der Waals surface area contributed by atoms with Gasteiger partial charge < -0.3 is 15.2 Å². The summed E-state index contributed by atoms with van der Waals surface area (Å²) in [7, 11) is 0. The Balaban J connectivity index is 2.34. The molecule has 0 bridgehead atoms. The van der Waals surface area contributed by atoms with Crippen molar-refractivity contribution in [2.24, 2.45) is 5.73 Å². The maximum atomic E-state index is 5.98. The van der Waals surface area contributed by atoms with E-state index in [1.54, 1.807) is 6.26 Å². The molecule has 3 heteroatoms. The molecule has 14 heavy (non-hydrogen) atoms. The normalized spacial score (nSPS) is 19.9. The molecule has 0 radical (unpaired) electrons. The van der Waals surface area contributed by atoms with Gasteiger partial charge in [-0.2, -0.15) is 0 Å². The van der Waals surface area contributed by atoms with Crippen LogP contribution in [0.4, 0.5) is 0 Å². The van der Waals surface area contributed by atoms with E-state index in [2.05, 4.69) is 0 Å². The first-order chi connectivity index (χ1) is 6.49. The second kappa shape index (κ2) is 4.80. The molecular weight excluding hydrogens is 178 g/mol. The molecule has 0 fully saturated rings. The summed E-state index contributed by atoms with van der Waals surface area (Å²) in [5.74, 6) is 0. The van der Waals surface area contributed by atoms with E-state index in [-0.39, 0.29) is 11.6 Å². The topological polar surface area (TPSA) is 44.5 Å². The van der Waals surface area contributed by atoms with Gasteiger partial charge in [-0.3, -0.25) is 0 Å².